The minimum atomic E-state index is -3.65. The van der Waals surface area contributed by atoms with Gasteiger partial charge in [0, 0.05) is 19.5 Å². The normalized spacial score (nSPS) is 17.0. The molecule has 30 heavy (non-hydrogen) atoms. The molecule has 1 aliphatic rings. The number of rotatable bonds is 6. The topological polar surface area (TPSA) is 95.2 Å². The molecule has 1 unspecified atom stereocenters. The minimum absolute atomic E-state index is 0.0674. The molecule has 2 heterocycles. The van der Waals surface area contributed by atoms with Crippen LogP contribution in [-0.4, -0.2) is 42.3 Å². The molecule has 0 aliphatic carbocycles. The number of carbonyl (C=O) groups excluding carboxylic acids is 1. The summed E-state index contributed by atoms with van der Waals surface area (Å²) in [6, 6.07) is 13.0. The molecule has 1 amide bonds. The number of aryl methyl sites for hydroxylation is 2. The highest BCUT2D eigenvalue weighted by Gasteiger charge is 2.32. The highest BCUT2D eigenvalue weighted by Crippen LogP contribution is 2.31. The van der Waals surface area contributed by atoms with E-state index in [4.69, 9.17) is 0 Å². The molecule has 4 rings (SSSR count). The molecule has 3 aromatic rings. The van der Waals surface area contributed by atoms with Crippen LogP contribution in [0.5, 0.6) is 0 Å². The Morgan fingerprint density at radius 3 is 2.83 bits per heavy atom. The van der Waals surface area contributed by atoms with Crippen molar-refractivity contribution in [1.29, 1.82) is 0 Å². The zero-order valence-electron chi connectivity index (χ0n) is 17.2. The Morgan fingerprint density at radius 1 is 1.23 bits per heavy atom. The van der Waals surface area contributed by atoms with E-state index in [2.05, 4.69) is 14.7 Å². The van der Waals surface area contributed by atoms with Crippen LogP contribution < -0.4 is 4.72 Å². The zero-order chi connectivity index (χ0) is 21.3. The predicted octanol–water partition coefficient (Wildman–Crippen LogP) is 3.21. The number of benzene rings is 2. The maximum absolute atomic E-state index is 12.8. The van der Waals surface area contributed by atoms with Gasteiger partial charge in [-0.2, -0.15) is 0 Å². The maximum Gasteiger partial charge on any atom is 0.240 e. The fourth-order valence-electron chi connectivity index (χ4n) is 3.99. The average molecular weight is 427 g/mol. The number of aromatic amines is 1. The number of nitrogens with zero attached hydrogens (tertiary/aromatic N) is 2. The number of hydrogen-bond acceptors (Lipinski definition) is 4. The second-order valence-electron chi connectivity index (χ2n) is 7.80. The molecule has 0 bridgehead atoms. The molecule has 1 atom stereocenters. The molecule has 8 heteroatoms. The number of carbonyl (C=O) groups is 1. The molecule has 1 saturated heterocycles. The first kappa shape index (κ1) is 20.6. The second kappa shape index (κ2) is 8.20. The quantitative estimate of drug-likeness (QED) is 0.633. The summed E-state index contributed by atoms with van der Waals surface area (Å²) in [6.07, 6.45) is 1.86. The molecule has 0 radical (unpaired) electrons. The van der Waals surface area contributed by atoms with Gasteiger partial charge < -0.3 is 9.88 Å². The number of fused-ring (bicyclic) bond motifs is 1. The van der Waals surface area contributed by atoms with Gasteiger partial charge in [-0.25, -0.2) is 18.1 Å². The largest absolute Gasteiger partial charge is 0.340 e. The number of nitrogens with one attached hydrogen (secondary N) is 2. The fourth-order valence-corrected chi connectivity index (χ4v) is 5.35. The first-order valence-electron chi connectivity index (χ1n) is 10.2. The van der Waals surface area contributed by atoms with Crippen molar-refractivity contribution in [1.82, 2.24) is 19.6 Å². The van der Waals surface area contributed by atoms with Gasteiger partial charge in [0.2, 0.25) is 15.9 Å². The van der Waals surface area contributed by atoms with Crippen LogP contribution in [0.2, 0.25) is 0 Å². The van der Waals surface area contributed by atoms with Gasteiger partial charge in [-0.15, -0.1) is 0 Å². The molecule has 0 saturated carbocycles. The van der Waals surface area contributed by atoms with E-state index >= 15 is 0 Å². The lowest BCUT2D eigenvalue weighted by Crippen LogP contribution is -2.34. The molecule has 1 fully saturated rings. The van der Waals surface area contributed by atoms with Crippen LogP contribution in [0.1, 0.15) is 42.3 Å². The minimum Gasteiger partial charge on any atom is -0.340 e. The molecule has 2 N–H and O–H groups in total. The first-order chi connectivity index (χ1) is 14.3. The number of aromatic nitrogens is 2. The average Bonchev–Trinajstić information content (AvgIpc) is 3.36. The molecule has 1 aliphatic heterocycles. The Labute approximate surface area is 176 Å². The SMILES string of the molecule is Cc1ccc(C)c(S(=O)(=O)NCCC(=O)N2CCCC2c2nc3ccccc3[nH]2)c1. The molecule has 7 nitrogen and oxygen atoms in total. The predicted molar refractivity (Wildman–Crippen MR) is 116 cm³/mol. The van der Waals surface area contributed by atoms with E-state index in [1.807, 2.05) is 42.2 Å². The molecule has 2 aromatic carbocycles. The Kier molecular flexibility index (Phi) is 5.62. The van der Waals surface area contributed by atoms with E-state index in [1.165, 1.54) is 0 Å². The number of para-hydroxylation sites is 2. The van der Waals surface area contributed by atoms with Crippen molar-refractivity contribution in [2.24, 2.45) is 0 Å². The summed E-state index contributed by atoms with van der Waals surface area (Å²) in [6.45, 7) is 4.34. The third-order valence-electron chi connectivity index (χ3n) is 5.56. The van der Waals surface area contributed by atoms with Crippen LogP contribution in [0, 0.1) is 13.8 Å². The van der Waals surface area contributed by atoms with Crippen LogP contribution in [0.25, 0.3) is 11.0 Å². The van der Waals surface area contributed by atoms with Gasteiger partial charge in [-0.05, 0) is 56.0 Å². The van der Waals surface area contributed by atoms with Gasteiger partial charge in [0.05, 0.1) is 22.0 Å². The first-order valence-corrected chi connectivity index (χ1v) is 11.6. The van der Waals surface area contributed by atoms with E-state index < -0.39 is 10.0 Å². The highest BCUT2D eigenvalue weighted by atomic mass is 32.2. The number of H-pyrrole nitrogens is 1. The van der Waals surface area contributed by atoms with Crippen molar-refractivity contribution in [3.05, 3.63) is 59.4 Å². The lowest BCUT2D eigenvalue weighted by molar-refractivity contribution is -0.132. The fraction of sp³-hybridized carbons (Fsp3) is 0.364. The summed E-state index contributed by atoms with van der Waals surface area (Å²) in [4.78, 5) is 22.9. The maximum atomic E-state index is 12.8. The van der Waals surface area contributed by atoms with Crippen molar-refractivity contribution in [3.63, 3.8) is 0 Å². The summed E-state index contributed by atoms with van der Waals surface area (Å²) in [7, 11) is -3.65. The molecular formula is C22H26N4O3S. The summed E-state index contributed by atoms with van der Waals surface area (Å²) in [5, 5.41) is 0. The standard InChI is InChI=1S/C22H26N4O3S/c1-15-9-10-16(2)20(14-15)30(28,29)23-12-11-21(27)26-13-5-8-19(26)22-24-17-6-3-4-7-18(17)25-22/h3-4,6-7,9-10,14,19,23H,5,8,11-13H2,1-2H3,(H,24,25). The number of amides is 1. The van der Waals surface area contributed by atoms with Crippen LogP contribution in [0.4, 0.5) is 0 Å². The van der Waals surface area contributed by atoms with Gasteiger partial charge in [0.1, 0.15) is 5.82 Å². The molecular weight excluding hydrogens is 400 g/mol. The zero-order valence-corrected chi connectivity index (χ0v) is 18.0. The Balaban J connectivity index is 1.41. The van der Waals surface area contributed by atoms with Gasteiger partial charge in [-0.1, -0.05) is 24.3 Å². The molecule has 158 valence electrons. The third-order valence-corrected chi connectivity index (χ3v) is 7.16. The summed E-state index contributed by atoms with van der Waals surface area (Å²) in [5.74, 6) is 0.722. The lowest BCUT2D eigenvalue weighted by Gasteiger charge is -2.23. The van der Waals surface area contributed by atoms with Gasteiger partial charge in [0.25, 0.3) is 0 Å². The van der Waals surface area contributed by atoms with Crippen LogP contribution in [0.15, 0.2) is 47.4 Å². The van der Waals surface area contributed by atoms with Gasteiger partial charge in [-0.3, -0.25) is 4.79 Å². The van der Waals surface area contributed by atoms with E-state index in [0.717, 1.165) is 35.3 Å². The number of likely N-dealkylation sites (tertiary alicyclic amines) is 1. The highest BCUT2D eigenvalue weighted by molar-refractivity contribution is 7.89. The summed E-state index contributed by atoms with van der Waals surface area (Å²) in [5.41, 5.74) is 3.40. The van der Waals surface area contributed by atoms with Crippen LogP contribution in [-0.2, 0) is 14.8 Å². The van der Waals surface area contributed by atoms with Gasteiger partial charge >= 0.3 is 0 Å². The van der Waals surface area contributed by atoms with Crippen molar-refractivity contribution in [2.75, 3.05) is 13.1 Å². The third kappa shape index (κ3) is 4.11. The number of sulfonamides is 1. The van der Waals surface area contributed by atoms with E-state index in [1.54, 1.807) is 19.1 Å². The Morgan fingerprint density at radius 2 is 2.03 bits per heavy atom. The van der Waals surface area contributed by atoms with Crippen LogP contribution >= 0.6 is 0 Å². The van der Waals surface area contributed by atoms with E-state index in [-0.39, 0.29) is 29.8 Å². The summed E-state index contributed by atoms with van der Waals surface area (Å²) >= 11 is 0. The monoisotopic (exact) mass is 426 g/mol. The molecule has 0 spiro atoms. The number of hydrogen-bond donors (Lipinski definition) is 2. The lowest BCUT2D eigenvalue weighted by atomic mass is 10.2. The van der Waals surface area contributed by atoms with E-state index in [9.17, 15) is 13.2 Å². The molecule has 1 aromatic heterocycles. The van der Waals surface area contributed by atoms with Crippen molar-refractivity contribution < 1.29 is 13.2 Å². The van der Waals surface area contributed by atoms with E-state index in [0.29, 0.717) is 12.1 Å². The van der Waals surface area contributed by atoms with Crippen molar-refractivity contribution in [2.45, 2.75) is 44.0 Å². The van der Waals surface area contributed by atoms with Gasteiger partial charge in [0.15, 0.2) is 0 Å². The summed E-state index contributed by atoms with van der Waals surface area (Å²) < 4.78 is 27.9. The Hall–Kier alpha value is -2.71. The smallest absolute Gasteiger partial charge is 0.240 e. The Bertz CT molecular complexity index is 1150. The second-order valence-corrected chi connectivity index (χ2v) is 9.54. The van der Waals surface area contributed by atoms with Crippen molar-refractivity contribution in [3.8, 4) is 0 Å². The number of imidazole rings is 1. The van der Waals surface area contributed by atoms with Crippen LogP contribution in [0.3, 0.4) is 0 Å². The van der Waals surface area contributed by atoms with Crippen molar-refractivity contribution >= 4 is 27.0 Å².